The predicted octanol–water partition coefficient (Wildman–Crippen LogP) is 2.91. The number of hydrogen-bond acceptors (Lipinski definition) is 7. The summed E-state index contributed by atoms with van der Waals surface area (Å²) in [6, 6.07) is 5.42. The smallest absolute Gasteiger partial charge is 0.237 e. The fourth-order valence-corrected chi connectivity index (χ4v) is 3.63. The van der Waals surface area contributed by atoms with Crippen molar-refractivity contribution in [1.29, 1.82) is 16.2 Å². The number of aromatic nitrogens is 4. The maximum absolute atomic E-state index is 13.4. The molecule has 0 saturated heterocycles. The van der Waals surface area contributed by atoms with E-state index < -0.39 is 6.04 Å². The fourth-order valence-electron chi connectivity index (χ4n) is 3.63. The highest BCUT2D eigenvalue weighted by Crippen LogP contribution is 2.35. The van der Waals surface area contributed by atoms with Crippen molar-refractivity contribution in [3.05, 3.63) is 60.9 Å². The summed E-state index contributed by atoms with van der Waals surface area (Å²) in [7, 11) is 0. The van der Waals surface area contributed by atoms with Gasteiger partial charge in [0.1, 0.15) is 29.0 Å². The van der Waals surface area contributed by atoms with Gasteiger partial charge in [0.05, 0.1) is 18.6 Å². The molecule has 32 heavy (non-hydrogen) atoms. The number of anilines is 2. The van der Waals surface area contributed by atoms with E-state index in [1.807, 2.05) is 6.92 Å². The Hall–Kier alpha value is -4.41. The van der Waals surface area contributed by atoms with Crippen LogP contribution in [0.2, 0.25) is 0 Å². The van der Waals surface area contributed by atoms with E-state index in [1.165, 1.54) is 35.5 Å². The second-order valence-electron chi connectivity index (χ2n) is 6.93. The first-order chi connectivity index (χ1) is 15.5. The lowest BCUT2D eigenvalue weighted by atomic mass is 10.1. The highest BCUT2D eigenvalue weighted by Gasteiger charge is 2.37. The Kier molecular flexibility index (Phi) is 5.46. The molecule has 3 aromatic rings. The number of amidine groups is 2. The van der Waals surface area contributed by atoms with Crippen LogP contribution in [0.4, 0.5) is 15.9 Å². The van der Waals surface area contributed by atoms with Gasteiger partial charge in [-0.2, -0.15) is 4.98 Å². The average Bonchev–Trinajstić information content (AvgIpc) is 3.28. The second kappa shape index (κ2) is 8.38. The Bertz CT molecular complexity index is 1210. The summed E-state index contributed by atoms with van der Waals surface area (Å²) in [5, 5.41) is 24.8. The number of halogens is 1. The number of benzene rings is 1. The number of imidazole rings is 1. The molecule has 0 radical (unpaired) electrons. The number of nitrogens with two attached hydrogens (primary N) is 1. The van der Waals surface area contributed by atoms with E-state index in [4.69, 9.17) is 22.0 Å². The normalized spacial score (nSPS) is 15.8. The zero-order valence-corrected chi connectivity index (χ0v) is 17.2. The van der Waals surface area contributed by atoms with E-state index >= 15 is 0 Å². The summed E-state index contributed by atoms with van der Waals surface area (Å²) in [4.78, 5) is 16.4. The molecule has 0 spiro atoms. The first-order valence-electron chi connectivity index (χ1n) is 9.81. The zero-order chi connectivity index (χ0) is 22.8. The van der Waals surface area contributed by atoms with Crippen molar-refractivity contribution >= 4 is 29.5 Å². The quantitative estimate of drug-likeness (QED) is 0.360. The van der Waals surface area contributed by atoms with Gasteiger partial charge in [-0.1, -0.05) is 6.92 Å². The van der Waals surface area contributed by atoms with Gasteiger partial charge in [-0.25, -0.2) is 14.4 Å². The molecule has 0 saturated carbocycles. The number of fused-ring (bicyclic) bond motifs is 1. The third-order valence-corrected chi connectivity index (χ3v) is 5.10. The van der Waals surface area contributed by atoms with Gasteiger partial charge in [-0.3, -0.25) is 30.6 Å². The summed E-state index contributed by atoms with van der Waals surface area (Å²) in [5.41, 5.74) is 6.60. The van der Waals surface area contributed by atoms with Crippen LogP contribution in [0.25, 0.3) is 17.3 Å². The molecule has 0 aliphatic carbocycles. The fraction of sp³-hybridized carbons (Fsp3) is 0.143. The van der Waals surface area contributed by atoms with E-state index in [0.717, 1.165) is 6.34 Å². The second-order valence-corrected chi connectivity index (χ2v) is 6.93. The maximum Gasteiger partial charge on any atom is 0.237 e. The lowest BCUT2D eigenvalue weighted by Crippen LogP contribution is -2.54. The molecule has 1 aliphatic rings. The maximum atomic E-state index is 13.4. The topological polar surface area (TPSA) is 148 Å². The lowest BCUT2D eigenvalue weighted by molar-refractivity contribution is 0.628. The van der Waals surface area contributed by atoms with Crippen molar-refractivity contribution in [3.63, 3.8) is 0 Å². The van der Waals surface area contributed by atoms with Gasteiger partial charge in [0.2, 0.25) is 5.95 Å². The van der Waals surface area contributed by atoms with Crippen LogP contribution in [-0.2, 0) is 0 Å². The van der Waals surface area contributed by atoms with Crippen molar-refractivity contribution in [3.8, 4) is 17.3 Å². The van der Waals surface area contributed by atoms with Crippen molar-refractivity contribution in [1.82, 2.24) is 19.5 Å². The minimum absolute atomic E-state index is 0.0593. The third kappa shape index (κ3) is 3.39. The molecule has 5 N–H and O–H groups in total. The largest absolute Gasteiger partial charge is 0.404 e. The van der Waals surface area contributed by atoms with Crippen molar-refractivity contribution in [2.24, 2.45) is 5.73 Å². The number of nitrogens with one attached hydrogen (secondary N) is 3. The molecule has 1 aromatic carbocycles. The Morgan fingerprint density at radius 3 is 2.66 bits per heavy atom. The molecule has 1 unspecified atom stereocenters. The van der Waals surface area contributed by atoms with Crippen LogP contribution >= 0.6 is 0 Å². The zero-order valence-electron chi connectivity index (χ0n) is 17.2. The Labute approximate surface area is 183 Å². The molecule has 3 heterocycles. The molecule has 10 nitrogen and oxygen atoms in total. The lowest BCUT2D eigenvalue weighted by Gasteiger charge is -2.41. The van der Waals surface area contributed by atoms with Crippen molar-refractivity contribution in [2.45, 2.75) is 19.4 Å². The Balaban J connectivity index is 1.88. The van der Waals surface area contributed by atoms with Gasteiger partial charge in [0.15, 0.2) is 5.82 Å². The molecule has 4 rings (SSSR count). The number of rotatable bonds is 5. The van der Waals surface area contributed by atoms with Crippen molar-refractivity contribution in [2.75, 3.05) is 9.80 Å². The highest BCUT2D eigenvalue weighted by molar-refractivity contribution is 6.22. The van der Waals surface area contributed by atoms with Gasteiger partial charge in [-0.15, -0.1) is 0 Å². The molecular weight excluding hydrogens is 411 g/mol. The van der Waals surface area contributed by atoms with Gasteiger partial charge in [-0.05, 0) is 43.0 Å². The summed E-state index contributed by atoms with van der Waals surface area (Å²) < 4.78 is 15.0. The summed E-state index contributed by atoms with van der Waals surface area (Å²) >= 11 is 0. The van der Waals surface area contributed by atoms with Crippen LogP contribution in [0.1, 0.15) is 13.3 Å². The molecule has 1 atom stereocenters. The van der Waals surface area contributed by atoms with E-state index in [1.54, 1.807) is 34.0 Å². The van der Waals surface area contributed by atoms with E-state index in [2.05, 4.69) is 15.0 Å². The Morgan fingerprint density at radius 1 is 1.25 bits per heavy atom. The minimum atomic E-state index is -0.519. The first-order valence-corrected chi connectivity index (χ1v) is 9.81. The van der Waals surface area contributed by atoms with E-state index in [-0.39, 0.29) is 23.4 Å². The molecule has 162 valence electrons. The van der Waals surface area contributed by atoms with Crippen LogP contribution < -0.4 is 15.5 Å². The standard InChI is InChI=1S/C21H21FN10/c1-2-15-18(26)31(12-24)16-11-28-21(29-20(16)32(15)17(25)7-8-23)30-10-9-27-19(30)13-3-5-14(22)6-4-13/h3-12,15,24-26H,2,23H2,1H3/b8-7-,24-12?,25-17?,26-18?. The SMILES string of the molecule is CCC1C(=N)N(C=N)c2cnc(-n3ccnc3-c3ccc(F)cc3)nc2N1C(=N)/C=C\N. The van der Waals surface area contributed by atoms with Crippen LogP contribution in [0.3, 0.4) is 0 Å². The minimum Gasteiger partial charge on any atom is -0.404 e. The van der Waals surface area contributed by atoms with E-state index in [9.17, 15) is 4.39 Å². The van der Waals surface area contributed by atoms with Crippen LogP contribution in [0.5, 0.6) is 0 Å². The molecule has 0 bridgehead atoms. The summed E-state index contributed by atoms with van der Waals surface area (Å²) in [5.74, 6) is 1.01. The highest BCUT2D eigenvalue weighted by atomic mass is 19.1. The molecule has 11 heteroatoms. The monoisotopic (exact) mass is 432 g/mol. The predicted molar refractivity (Wildman–Crippen MR) is 121 cm³/mol. The average molecular weight is 432 g/mol. The third-order valence-electron chi connectivity index (χ3n) is 5.10. The first kappa shape index (κ1) is 20.8. The summed E-state index contributed by atoms with van der Waals surface area (Å²) in [6.07, 6.45) is 9.00. The van der Waals surface area contributed by atoms with Crippen molar-refractivity contribution < 1.29 is 4.39 Å². The van der Waals surface area contributed by atoms with E-state index in [0.29, 0.717) is 29.3 Å². The van der Waals surface area contributed by atoms with Crippen LogP contribution in [0.15, 0.2) is 55.1 Å². The molecule has 2 aromatic heterocycles. The van der Waals surface area contributed by atoms with Crippen LogP contribution in [0, 0.1) is 22.0 Å². The summed E-state index contributed by atoms with van der Waals surface area (Å²) in [6.45, 7) is 1.89. The van der Waals surface area contributed by atoms with Crippen LogP contribution in [-0.4, -0.2) is 43.6 Å². The molecular formula is C21H21FN10. The van der Waals surface area contributed by atoms with Gasteiger partial charge in [0, 0.05) is 18.0 Å². The number of hydrogen-bond donors (Lipinski definition) is 4. The van der Waals surface area contributed by atoms with Gasteiger partial charge in [0.25, 0.3) is 0 Å². The number of nitrogens with zero attached hydrogens (tertiary/aromatic N) is 6. The molecule has 0 amide bonds. The van der Waals surface area contributed by atoms with Gasteiger partial charge >= 0.3 is 0 Å². The molecule has 1 aliphatic heterocycles. The van der Waals surface area contributed by atoms with Gasteiger partial charge < -0.3 is 5.73 Å². The Morgan fingerprint density at radius 2 is 2.00 bits per heavy atom. The molecule has 0 fully saturated rings.